The van der Waals surface area contributed by atoms with E-state index in [1.807, 2.05) is 13.0 Å². The standard InChI is InChI=1S/C19H26BrN3O4/c1-11-7-12(15(24)21-6)14(13(20)8-11)22-16(25)19(5)9-23(10-19)17(26)27-18(2,3)4/h7-8H,9-10H2,1-6H3,(H,21,24)(H,22,25). The van der Waals surface area contributed by atoms with Crippen molar-refractivity contribution in [3.8, 4) is 0 Å². The van der Waals surface area contributed by atoms with Crippen molar-refractivity contribution in [3.63, 3.8) is 0 Å². The van der Waals surface area contributed by atoms with Crippen molar-refractivity contribution in [1.29, 1.82) is 0 Å². The topological polar surface area (TPSA) is 87.7 Å². The first-order valence-electron chi connectivity index (χ1n) is 8.68. The second-order valence-corrected chi connectivity index (χ2v) is 8.95. The molecule has 7 nitrogen and oxygen atoms in total. The molecule has 2 rings (SSSR count). The summed E-state index contributed by atoms with van der Waals surface area (Å²) < 4.78 is 5.95. The summed E-state index contributed by atoms with van der Waals surface area (Å²) in [4.78, 5) is 38.6. The molecular weight excluding hydrogens is 414 g/mol. The van der Waals surface area contributed by atoms with Crippen LogP contribution in [0.4, 0.5) is 10.5 Å². The number of nitrogens with zero attached hydrogens (tertiary/aromatic N) is 1. The van der Waals surface area contributed by atoms with E-state index >= 15 is 0 Å². The lowest BCUT2D eigenvalue weighted by Gasteiger charge is -2.46. The largest absolute Gasteiger partial charge is 0.444 e. The Morgan fingerprint density at radius 3 is 2.33 bits per heavy atom. The van der Waals surface area contributed by atoms with Gasteiger partial charge in [0.05, 0.1) is 16.7 Å². The highest BCUT2D eigenvalue weighted by molar-refractivity contribution is 9.10. The number of anilines is 1. The third-order valence-corrected chi connectivity index (χ3v) is 4.85. The van der Waals surface area contributed by atoms with Crippen LogP contribution in [0.5, 0.6) is 0 Å². The highest BCUT2D eigenvalue weighted by Crippen LogP contribution is 2.35. The zero-order valence-electron chi connectivity index (χ0n) is 16.5. The van der Waals surface area contributed by atoms with Gasteiger partial charge in [-0.1, -0.05) is 0 Å². The van der Waals surface area contributed by atoms with Gasteiger partial charge in [0.15, 0.2) is 0 Å². The first-order valence-corrected chi connectivity index (χ1v) is 9.47. The maximum Gasteiger partial charge on any atom is 0.410 e. The Hall–Kier alpha value is -2.09. The van der Waals surface area contributed by atoms with Gasteiger partial charge in [-0.05, 0) is 68.2 Å². The summed E-state index contributed by atoms with van der Waals surface area (Å²) in [7, 11) is 1.54. The van der Waals surface area contributed by atoms with Crippen LogP contribution < -0.4 is 10.6 Å². The predicted octanol–water partition coefficient (Wildman–Crippen LogP) is 3.31. The van der Waals surface area contributed by atoms with Crippen molar-refractivity contribution in [2.75, 3.05) is 25.5 Å². The molecule has 0 radical (unpaired) electrons. The van der Waals surface area contributed by atoms with Gasteiger partial charge >= 0.3 is 6.09 Å². The Balaban J connectivity index is 2.13. The molecule has 0 bridgehead atoms. The average molecular weight is 440 g/mol. The Morgan fingerprint density at radius 1 is 1.22 bits per heavy atom. The number of hydrogen-bond acceptors (Lipinski definition) is 4. The second kappa shape index (κ2) is 7.50. The van der Waals surface area contributed by atoms with Gasteiger partial charge in [0.1, 0.15) is 5.60 Å². The van der Waals surface area contributed by atoms with E-state index in [4.69, 9.17) is 4.74 Å². The molecule has 1 aliphatic rings. The van der Waals surface area contributed by atoms with E-state index in [-0.39, 0.29) is 24.9 Å². The van der Waals surface area contributed by atoms with Gasteiger partial charge in [-0.25, -0.2) is 4.79 Å². The fourth-order valence-corrected chi connectivity index (χ4v) is 3.52. The van der Waals surface area contributed by atoms with E-state index in [1.54, 1.807) is 33.8 Å². The van der Waals surface area contributed by atoms with Gasteiger partial charge in [0.2, 0.25) is 5.91 Å². The molecule has 1 aromatic rings. The number of aryl methyl sites for hydroxylation is 1. The number of nitrogens with one attached hydrogen (secondary N) is 2. The van der Waals surface area contributed by atoms with Crippen LogP contribution in [0.1, 0.15) is 43.6 Å². The number of hydrogen-bond donors (Lipinski definition) is 2. The van der Waals surface area contributed by atoms with Crippen LogP contribution in [0.15, 0.2) is 16.6 Å². The Bertz CT molecular complexity index is 780. The molecule has 8 heteroatoms. The van der Waals surface area contributed by atoms with Crippen molar-refractivity contribution < 1.29 is 19.1 Å². The SMILES string of the molecule is CNC(=O)c1cc(C)cc(Br)c1NC(=O)C1(C)CN(C(=O)OC(C)(C)C)C1. The van der Waals surface area contributed by atoms with Crippen LogP contribution >= 0.6 is 15.9 Å². The quantitative estimate of drug-likeness (QED) is 0.755. The van der Waals surface area contributed by atoms with Crippen molar-refractivity contribution in [2.45, 2.75) is 40.2 Å². The number of carbonyl (C=O) groups is 3. The number of amides is 3. The number of halogens is 1. The van der Waals surface area contributed by atoms with Gasteiger partial charge in [-0.3, -0.25) is 9.59 Å². The maximum atomic E-state index is 12.8. The molecular formula is C19H26BrN3O4. The van der Waals surface area contributed by atoms with Gasteiger partial charge in [0, 0.05) is 24.6 Å². The summed E-state index contributed by atoms with van der Waals surface area (Å²) in [5, 5.41) is 5.43. The Morgan fingerprint density at radius 2 is 1.81 bits per heavy atom. The molecule has 0 spiro atoms. The zero-order valence-corrected chi connectivity index (χ0v) is 18.1. The molecule has 1 aliphatic heterocycles. The monoisotopic (exact) mass is 439 g/mol. The van der Waals surface area contributed by atoms with Crippen LogP contribution in [-0.4, -0.2) is 48.5 Å². The number of benzene rings is 1. The van der Waals surface area contributed by atoms with Gasteiger partial charge < -0.3 is 20.3 Å². The van der Waals surface area contributed by atoms with Gasteiger partial charge in [0.25, 0.3) is 5.91 Å². The van der Waals surface area contributed by atoms with Crippen molar-refractivity contribution in [1.82, 2.24) is 10.2 Å². The van der Waals surface area contributed by atoms with Gasteiger partial charge in [-0.2, -0.15) is 0 Å². The predicted molar refractivity (Wildman–Crippen MR) is 107 cm³/mol. The Kier molecular flexibility index (Phi) is 5.89. The molecule has 148 valence electrons. The molecule has 1 aromatic carbocycles. The lowest BCUT2D eigenvalue weighted by Crippen LogP contribution is -2.62. The van der Waals surface area contributed by atoms with Crippen molar-refractivity contribution >= 4 is 39.5 Å². The average Bonchev–Trinajstić information content (AvgIpc) is 2.51. The van der Waals surface area contributed by atoms with Crippen LogP contribution in [0, 0.1) is 12.3 Å². The van der Waals surface area contributed by atoms with E-state index < -0.39 is 17.1 Å². The molecule has 1 heterocycles. The molecule has 1 saturated heterocycles. The third kappa shape index (κ3) is 4.80. The van der Waals surface area contributed by atoms with Crippen LogP contribution in [-0.2, 0) is 9.53 Å². The summed E-state index contributed by atoms with van der Waals surface area (Å²) in [5.41, 5.74) is 0.359. The maximum absolute atomic E-state index is 12.8. The number of ether oxygens (including phenoxy) is 1. The highest BCUT2D eigenvalue weighted by atomic mass is 79.9. The molecule has 0 aliphatic carbocycles. The second-order valence-electron chi connectivity index (χ2n) is 8.10. The highest BCUT2D eigenvalue weighted by Gasteiger charge is 2.48. The van der Waals surface area contributed by atoms with E-state index in [0.29, 0.717) is 15.7 Å². The number of likely N-dealkylation sites (tertiary alicyclic amines) is 1. The zero-order chi connectivity index (χ0) is 20.6. The first-order chi connectivity index (χ1) is 12.4. The molecule has 2 N–H and O–H groups in total. The minimum Gasteiger partial charge on any atom is -0.444 e. The first kappa shape index (κ1) is 21.2. The molecule has 0 atom stereocenters. The number of carbonyl (C=O) groups excluding carboxylic acids is 3. The molecule has 0 aromatic heterocycles. The summed E-state index contributed by atoms with van der Waals surface area (Å²) in [6, 6.07) is 3.55. The lowest BCUT2D eigenvalue weighted by atomic mass is 9.81. The van der Waals surface area contributed by atoms with Crippen LogP contribution in [0.2, 0.25) is 0 Å². The fraction of sp³-hybridized carbons (Fsp3) is 0.526. The lowest BCUT2D eigenvalue weighted by molar-refractivity contribution is -0.133. The molecule has 0 unspecified atom stereocenters. The molecule has 3 amide bonds. The van der Waals surface area contributed by atoms with Crippen LogP contribution in [0.25, 0.3) is 0 Å². The van der Waals surface area contributed by atoms with E-state index in [9.17, 15) is 14.4 Å². The smallest absolute Gasteiger partial charge is 0.410 e. The fourth-order valence-electron chi connectivity index (χ4n) is 2.84. The van der Waals surface area contributed by atoms with Crippen LogP contribution in [0.3, 0.4) is 0 Å². The van der Waals surface area contributed by atoms with E-state index in [1.165, 1.54) is 11.9 Å². The van der Waals surface area contributed by atoms with E-state index in [0.717, 1.165) is 5.56 Å². The minimum absolute atomic E-state index is 0.253. The third-order valence-electron chi connectivity index (χ3n) is 4.22. The van der Waals surface area contributed by atoms with Crippen molar-refractivity contribution in [3.05, 3.63) is 27.7 Å². The van der Waals surface area contributed by atoms with Crippen molar-refractivity contribution in [2.24, 2.45) is 5.41 Å². The number of rotatable bonds is 3. The van der Waals surface area contributed by atoms with Gasteiger partial charge in [-0.15, -0.1) is 0 Å². The van der Waals surface area contributed by atoms with E-state index in [2.05, 4.69) is 26.6 Å². The Labute approximate surface area is 167 Å². The minimum atomic E-state index is -0.749. The molecule has 27 heavy (non-hydrogen) atoms. The molecule has 1 fully saturated rings. The summed E-state index contributed by atoms with van der Waals surface area (Å²) in [5.74, 6) is -0.541. The summed E-state index contributed by atoms with van der Waals surface area (Å²) in [6.07, 6.45) is -0.435. The summed E-state index contributed by atoms with van der Waals surface area (Å²) in [6.45, 7) is 9.56. The molecule has 0 saturated carbocycles. The normalized spacial score (nSPS) is 15.6. The summed E-state index contributed by atoms with van der Waals surface area (Å²) >= 11 is 3.42.